The summed E-state index contributed by atoms with van der Waals surface area (Å²) in [6.45, 7) is 2.71. The molecule has 2 amide bonds. The van der Waals surface area contributed by atoms with Crippen LogP contribution in [-0.2, 0) is 4.79 Å². The highest BCUT2D eigenvalue weighted by atomic mass is 16.5. The molecule has 2 aliphatic carbocycles. The van der Waals surface area contributed by atoms with Crippen LogP contribution in [0.15, 0.2) is 10.6 Å². The summed E-state index contributed by atoms with van der Waals surface area (Å²) in [6.07, 6.45) is 6.47. The van der Waals surface area contributed by atoms with E-state index in [9.17, 15) is 14.7 Å². The Labute approximate surface area is 159 Å². The normalized spacial score (nSPS) is 31.6. The van der Waals surface area contributed by atoms with Crippen molar-refractivity contribution < 1.29 is 19.2 Å². The predicted molar refractivity (Wildman–Crippen MR) is 98.1 cm³/mol. The Bertz CT molecular complexity index is 691. The number of piperidine rings is 1. The minimum Gasteiger partial charge on any atom is -0.393 e. The minimum absolute atomic E-state index is 0.0398. The molecule has 4 rings (SSSR count). The molecule has 2 N–H and O–H groups in total. The first-order chi connectivity index (χ1) is 13.0. The largest absolute Gasteiger partial charge is 0.393 e. The summed E-state index contributed by atoms with van der Waals surface area (Å²) in [5.74, 6) is 1.31. The van der Waals surface area contributed by atoms with Crippen LogP contribution in [0.25, 0.3) is 0 Å². The molecule has 3 fully saturated rings. The van der Waals surface area contributed by atoms with Gasteiger partial charge in [0.2, 0.25) is 5.91 Å². The van der Waals surface area contributed by atoms with Crippen LogP contribution >= 0.6 is 0 Å². The van der Waals surface area contributed by atoms with Crippen molar-refractivity contribution in [3.05, 3.63) is 17.5 Å². The van der Waals surface area contributed by atoms with Crippen LogP contribution in [0.1, 0.15) is 80.5 Å². The van der Waals surface area contributed by atoms with Crippen LogP contribution in [0, 0.1) is 5.92 Å². The smallest absolute Gasteiger partial charge is 0.273 e. The number of carbonyl (C=O) groups excluding carboxylic acids is 2. The van der Waals surface area contributed by atoms with Gasteiger partial charge in [-0.1, -0.05) is 5.16 Å². The van der Waals surface area contributed by atoms with Crippen molar-refractivity contribution in [2.45, 2.75) is 82.4 Å². The third-order valence-electron chi connectivity index (χ3n) is 6.28. The summed E-state index contributed by atoms with van der Waals surface area (Å²) < 4.78 is 5.26. The zero-order valence-corrected chi connectivity index (χ0v) is 15.9. The van der Waals surface area contributed by atoms with Gasteiger partial charge in [0.05, 0.1) is 6.10 Å². The molecule has 7 heteroatoms. The third-order valence-corrected chi connectivity index (χ3v) is 6.28. The van der Waals surface area contributed by atoms with Gasteiger partial charge in [0.25, 0.3) is 5.91 Å². The van der Waals surface area contributed by atoms with E-state index in [1.54, 1.807) is 6.07 Å². The Morgan fingerprint density at radius 1 is 1.19 bits per heavy atom. The highest BCUT2D eigenvalue weighted by Gasteiger charge is 2.35. The van der Waals surface area contributed by atoms with Gasteiger partial charge in [0.15, 0.2) is 5.69 Å². The quantitative estimate of drug-likeness (QED) is 0.841. The van der Waals surface area contributed by atoms with Crippen LogP contribution in [0.4, 0.5) is 0 Å². The van der Waals surface area contributed by atoms with Gasteiger partial charge in [-0.3, -0.25) is 9.59 Å². The molecule has 0 aromatic carbocycles. The first-order valence-corrected chi connectivity index (χ1v) is 10.3. The number of nitrogens with zero attached hydrogens (tertiary/aromatic N) is 2. The summed E-state index contributed by atoms with van der Waals surface area (Å²) in [5, 5.41) is 16.6. The molecule has 1 saturated heterocycles. The number of rotatable bonds is 4. The molecule has 0 bridgehead atoms. The van der Waals surface area contributed by atoms with Crippen molar-refractivity contribution in [1.82, 2.24) is 15.4 Å². The standard InChI is InChI=1S/C20H29N3O4/c1-12-10-15(21-19(25)17-11-18(27-22-17)13-2-3-13)8-9-23(12)20(26)14-4-6-16(24)7-5-14/h11-16,24H,2-10H2,1H3,(H,21,25)/t12-,14-,15?,16-/m1/s1. The highest BCUT2D eigenvalue weighted by molar-refractivity contribution is 5.92. The fraction of sp³-hybridized carbons (Fsp3) is 0.750. The van der Waals surface area contributed by atoms with E-state index in [2.05, 4.69) is 17.4 Å². The van der Waals surface area contributed by atoms with Gasteiger partial charge in [0.1, 0.15) is 5.76 Å². The fourth-order valence-corrected chi connectivity index (χ4v) is 4.40. The summed E-state index contributed by atoms with van der Waals surface area (Å²) in [4.78, 5) is 27.2. The van der Waals surface area contributed by atoms with E-state index in [1.165, 1.54) is 0 Å². The molecule has 148 valence electrons. The highest BCUT2D eigenvalue weighted by Crippen LogP contribution is 2.40. The number of aliphatic hydroxyl groups is 1. The van der Waals surface area contributed by atoms with E-state index >= 15 is 0 Å². The number of hydrogen-bond acceptors (Lipinski definition) is 5. The molecule has 2 atom stereocenters. The molecule has 3 aliphatic rings. The van der Waals surface area contributed by atoms with Gasteiger partial charge in [0, 0.05) is 36.5 Å². The predicted octanol–water partition coefficient (Wildman–Crippen LogP) is 2.21. The minimum atomic E-state index is -0.246. The second-order valence-corrected chi connectivity index (χ2v) is 8.47. The Hall–Kier alpha value is -1.89. The van der Waals surface area contributed by atoms with E-state index in [0.717, 1.165) is 57.1 Å². The zero-order chi connectivity index (χ0) is 19.0. The Morgan fingerprint density at radius 2 is 1.93 bits per heavy atom. The van der Waals surface area contributed by atoms with E-state index in [4.69, 9.17) is 4.52 Å². The molecule has 2 heterocycles. The Balaban J connectivity index is 1.28. The van der Waals surface area contributed by atoms with Crippen LogP contribution in [0.2, 0.25) is 0 Å². The number of aliphatic hydroxyl groups excluding tert-OH is 1. The number of likely N-dealkylation sites (tertiary alicyclic amines) is 1. The first kappa shape index (κ1) is 18.5. The van der Waals surface area contributed by atoms with Crippen molar-refractivity contribution in [1.29, 1.82) is 0 Å². The number of amides is 2. The lowest BCUT2D eigenvalue weighted by Crippen LogP contribution is -2.52. The van der Waals surface area contributed by atoms with Crippen molar-refractivity contribution in [2.75, 3.05) is 6.54 Å². The maximum absolute atomic E-state index is 12.8. The second-order valence-electron chi connectivity index (χ2n) is 8.47. The van der Waals surface area contributed by atoms with Gasteiger partial charge >= 0.3 is 0 Å². The SMILES string of the molecule is C[C@@H]1CC(NC(=O)c2cc(C3CC3)on2)CCN1C(=O)[C@H]1CC[C@H](O)CC1. The molecule has 1 aromatic rings. The number of hydrogen-bond donors (Lipinski definition) is 2. The summed E-state index contributed by atoms with van der Waals surface area (Å²) >= 11 is 0. The molecule has 27 heavy (non-hydrogen) atoms. The van der Waals surface area contributed by atoms with Gasteiger partial charge in [-0.05, 0) is 58.3 Å². The zero-order valence-electron chi connectivity index (χ0n) is 15.9. The van der Waals surface area contributed by atoms with E-state index in [-0.39, 0.29) is 35.9 Å². The Morgan fingerprint density at radius 3 is 2.59 bits per heavy atom. The fourth-order valence-electron chi connectivity index (χ4n) is 4.40. The van der Waals surface area contributed by atoms with Gasteiger partial charge in [-0.2, -0.15) is 0 Å². The van der Waals surface area contributed by atoms with Gasteiger partial charge in [-0.15, -0.1) is 0 Å². The topological polar surface area (TPSA) is 95.7 Å². The lowest BCUT2D eigenvalue weighted by atomic mass is 9.85. The summed E-state index contributed by atoms with van der Waals surface area (Å²) in [6, 6.07) is 1.90. The lowest BCUT2D eigenvalue weighted by molar-refractivity contribution is -0.140. The van der Waals surface area contributed by atoms with Gasteiger partial charge < -0.3 is 19.8 Å². The average molecular weight is 375 g/mol. The van der Waals surface area contributed by atoms with Crippen molar-refractivity contribution in [3.8, 4) is 0 Å². The lowest BCUT2D eigenvalue weighted by Gasteiger charge is -2.40. The average Bonchev–Trinajstić information content (AvgIpc) is 3.38. The van der Waals surface area contributed by atoms with Gasteiger partial charge in [-0.25, -0.2) is 0 Å². The second kappa shape index (κ2) is 7.62. The molecule has 0 spiro atoms. The Kier molecular flexibility index (Phi) is 5.21. The van der Waals surface area contributed by atoms with Crippen LogP contribution < -0.4 is 5.32 Å². The molecule has 0 radical (unpaired) electrons. The maximum atomic E-state index is 12.8. The van der Waals surface area contributed by atoms with E-state index < -0.39 is 0 Å². The van der Waals surface area contributed by atoms with E-state index in [0.29, 0.717) is 18.2 Å². The molecular weight excluding hydrogens is 346 g/mol. The number of aromatic nitrogens is 1. The molecule has 1 unspecified atom stereocenters. The molecule has 1 aliphatic heterocycles. The van der Waals surface area contributed by atoms with Crippen molar-refractivity contribution in [3.63, 3.8) is 0 Å². The van der Waals surface area contributed by atoms with Crippen LogP contribution in [-0.4, -0.2) is 51.7 Å². The first-order valence-electron chi connectivity index (χ1n) is 10.3. The number of carbonyl (C=O) groups is 2. The summed E-state index contributed by atoms with van der Waals surface area (Å²) in [7, 11) is 0. The van der Waals surface area contributed by atoms with Crippen LogP contribution in [0.3, 0.4) is 0 Å². The van der Waals surface area contributed by atoms with Crippen molar-refractivity contribution >= 4 is 11.8 Å². The molecule has 1 aromatic heterocycles. The monoisotopic (exact) mass is 375 g/mol. The van der Waals surface area contributed by atoms with Crippen LogP contribution in [0.5, 0.6) is 0 Å². The number of nitrogens with one attached hydrogen (secondary N) is 1. The molecular formula is C20H29N3O4. The third kappa shape index (κ3) is 4.18. The van der Waals surface area contributed by atoms with E-state index in [1.807, 2.05) is 4.90 Å². The summed E-state index contributed by atoms with van der Waals surface area (Å²) in [5.41, 5.74) is 0.351. The maximum Gasteiger partial charge on any atom is 0.273 e. The van der Waals surface area contributed by atoms with Crippen molar-refractivity contribution in [2.24, 2.45) is 5.92 Å². The molecule has 2 saturated carbocycles. The molecule has 7 nitrogen and oxygen atoms in total.